The third kappa shape index (κ3) is 5.57. The summed E-state index contributed by atoms with van der Waals surface area (Å²) in [5, 5.41) is 0.822. The number of H-pyrrole nitrogens is 2. The molecule has 0 saturated carbocycles. The molecule has 0 bridgehead atoms. The van der Waals surface area contributed by atoms with Gasteiger partial charge in [-0.05, 0) is 56.5 Å². The minimum Gasteiger partial charge on any atom is -0.466 e. The van der Waals surface area contributed by atoms with Crippen molar-refractivity contribution in [1.82, 2.24) is 19.9 Å². The third-order valence-electron chi connectivity index (χ3n) is 7.87. The van der Waals surface area contributed by atoms with Gasteiger partial charge in [0, 0.05) is 53.8 Å². The zero-order valence-corrected chi connectivity index (χ0v) is 25.3. The van der Waals surface area contributed by atoms with Crippen molar-refractivity contribution in [2.75, 3.05) is 26.5 Å². The zero-order chi connectivity index (χ0) is 31.0. The van der Waals surface area contributed by atoms with Crippen LogP contribution < -0.4 is 4.74 Å². The molecule has 228 valence electrons. The smallest absolute Gasteiger partial charge is 0.306 e. The van der Waals surface area contributed by atoms with Gasteiger partial charge in [-0.2, -0.15) is 0 Å². The highest BCUT2D eigenvalue weighted by molar-refractivity contribution is 7.99. The van der Waals surface area contributed by atoms with E-state index in [1.54, 1.807) is 31.3 Å². The molecule has 1 atom stereocenters. The Hall–Kier alpha value is -4.22. The van der Waals surface area contributed by atoms with Gasteiger partial charge in [0.2, 0.25) is 0 Å². The minimum atomic E-state index is -0.541. The Labute approximate surface area is 256 Å². The van der Waals surface area contributed by atoms with Crippen LogP contribution in [0.25, 0.3) is 22.3 Å². The number of aromatic amines is 2. The second kappa shape index (κ2) is 12.4. The lowest BCUT2D eigenvalue weighted by Gasteiger charge is -2.32. The number of carbonyl (C=O) groups is 1. The van der Waals surface area contributed by atoms with E-state index < -0.39 is 23.5 Å². The molecular formula is C33H31F3N4O3S. The van der Waals surface area contributed by atoms with E-state index in [1.165, 1.54) is 36.0 Å². The predicted molar refractivity (Wildman–Crippen MR) is 164 cm³/mol. The van der Waals surface area contributed by atoms with E-state index in [0.29, 0.717) is 40.2 Å². The number of nitrogens with one attached hydrogen (secondary N) is 2. The molecule has 2 N–H and O–H groups in total. The average Bonchev–Trinajstić information content (AvgIpc) is 3.65. The second-order valence-electron chi connectivity index (χ2n) is 10.6. The van der Waals surface area contributed by atoms with Crippen LogP contribution in [-0.2, 0) is 22.4 Å². The fraction of sp³-hybridized carbons (Fsp3) is 0.273. The van der Waals surface area contributed by atoms with Gasteiger partial charge in [-0.15, -0.1) is 11.8 Å². The molecule has 5 aromatic rings. The molecule has 1 aliphatic heterocycles. The Kier molecular flexibility index (Phi) is 8.42. The molecule has 6 rings (SSSR count). The quantitative estimate of drug-likeness (QED) is 0.131. The van der Waals surface area contributed by atoms with E-state index in [2.05, 4.69) is 9.97 Å². The van der Waals surface area contributed by atoms with Crippen LogP contribution >= 0.6 is 11.8 Å². The molecule has 0 amide bonds. The van der Waals surface area contributed by atoms with Crippen molar-refractivity contribution in [3.05, 3.63) is 94.7 Å². The summed E-state index contributed by atoms with van der Waals surface area (Å²) in [6.07, 6.45) is 4.46. The Morgan fingerprint density at radius 3 is 2.77 bits per heavy atom. The summed E-state index contributed by atoms with van der Waals surface area (Å²) in [6, 6.07) is 12.0. The summed E-state index contributed by atoms with van der Waals surface area (Å²) in [5.41, 5.74) is 3.01. The molecule has 7 nitrogen and oxygen atoms in total. The van der Waals surface area contributed by atoms with Gasteiger partial charge < -0.3 is 19.4 Å². The number of aryl methyl sites for hydroxylation is 1. The Bertz CT molecular complexity index is 1850. The van der Waals surface area contributed by atoms with E-state index in [-0.39, 0.29) is 48.3 Å². The molecule has 0 radical (unpaired) electrons. The van der Waals surface area contributed by atoms with Gasteiger partial charge in [-0.3, -0.25) is 9.69 Å². The number of likely N-dealkylation sites (N-methyl/N-ethyl adjacent to an activating group) is 1. The number of ether oxygens (including phenoxy) is 2. The number of rotatable bonds is 9. The molecule has 3 aromatic carbocycles. The first-order chi connectivity index (χ1) is 21.3. The molecule has 44 heavy (non-hydrogen) atoms. The third-order valence-corrected chi connectivity index (χ3v) is 8.68. The summed E-state index contributed by atoms with van der Waals surface area (Å²) in [5.74, 6) is -1.29. The molecule has 0 fully saturated rings. The number of nitrogens with zero attached hydrogens (tertiary/aromatic N) is 2. The molecular weight excluding hydrogens is 589 g/mol. The van der Waals surface area contributed by atoms with E-state index in [9.17, 15) is 4.79 Å². The van der Waals surface area contributed by atoms with Gasteiger partial charge in [0.25, 0.3) is 0 Å². The van der Waals surface area contributed by atoms with Crippen molar-refractivity contribution in [2.45, 2.75) is 37.1 Å². The lowest BCUT2D eigenvalue weighted by molar-refractivity contribution is -0.143. The van der Waals surface area contributed by atoms with Crippen molar-refractivity contribution in [2.24, 2.45) is 0 Å². The number of thioether (sulfide) groups is 1. The Morgan fingerprint density at radius 1 is 1.14 bits per heavy atom. The SMILES string of the molecule is CCOC(=O)CCc1cccc(C2c3nc(-c4cc(Oc5c(F)cc6[nH]ccc6c5SC)ccc4F)[nH]c3CCN2C)c1F. The highest BCUT2D eigenvalue weighted by Crippen LogP contribution is 2.41. The maximum Gasteiger partial charge on any atom is 0.306 e. The van der Waals surface area contributed by atoms with Crippen molar-refractivity contribution in [3.63, 3.8) is 0 Å². The number of hydrogen-bond donors (Lipinski definition) is 2. The van der Waals surface area contributed by atoms with E-state index >= 15 is 13.2 Å². The monoisotopic (exact) mass is 620 g/mol. The van der Waals surface area contributed by atoms with Crippen molar-refractivity contribution in [3.8, 4) is 22.9 Å². The van der Waals surface area contributed by atoms with Crippen LogP contribution in [0.4, 0.5) is 13.2 Å². The molecule has 1 unspecified atom stereocenters. The average molecular weight is 621 g/mol. The summed E-state index contributed by atoms with van der Waals surface area (Å²) in [6.45, 7) is 2.62. The number of esters is 1. The Balaban J connectivity index is 1.33. The standard InChI is InChI=1S/C33H31F3N4O3S/c1-4-42-27(41)11-8-18-6-5-7-21(28(18)36)30-29-25(13-15-40(30)2)38-33(39-29)22-16-19(9-10-23(22)34)43-31-24(35)17-26-20(12-14-37-26)32(31)44-3/h5-7,9-10,12,14,16-17,30,37H,4,8,11,13,15H2,1-3H3,(H,38,39). The molecule has 2 aromatic heterocycles. The van der Waals surface area contributed by atoms with Crippen LogP contribution in [0, 0.1) is 17.5 Å². The number of hydrogen-bond acceptors (Lipinski definition) is 6. The normalized spacial score (nSPS) is 15.0. The van der Waals surface area contributed by atoms with Gasteiger partial charge in [0.15, 0.2) is 11.6 Å². The fourth-order valence-corrected chi connectivity index (χ4v) is 6.46. The van der Waals surface area contributed by atoms with E-state index in [0.717, 1.165) is 11.1 Å². The van der Waals surface area contributed by atoms with Crippen LogP contribution in [0.5, 0.6) is 11.5 Å². The van der Waals surface area contributed by atoms with Crippen LogP contribution in [0.1, 0.15) is 41.9 Å². The molecule has 0 saturated heterocycles. The Morgan fingerprint density at radius 2 is 1.98 bits per heavy atom. The van der Waals surface area contributed by atoms with Crippen LogP contribution in [0.3, 0.4) is 0 Å². The highest BCUT2D eigenvalue weighted by Gasteiger charge is 2.33. The van der Waals surface area contributed by atoms with Crippen molar-refractivity contribution < 1.29 is 27.4 Å². The second-order valence-corrected chi connectivity index (χ2v) is 11.4. The van der Waals surface area contributed by atoms with Gasteiger partial charge in [0.1, 0.15) is 23.2 Å². The topological polar surface area (TPSA) is 83.2 Å². The number of aromatic nitrogens is 3. The van der Waals surface area contributed by atoms with Crippen LogP contribution in [-0.4, -0.2) is 52.3 Å². The molecule has 0 aliphatic carbocycles. The van der Waals surface area contributed by atoms with E-state index in [1.807, 2.05) is 24.3 Å². The van der Waals surface area contributed by atoms with Gasteiger partial charge >= 0.3 is 5.97 Å². The fourth-order valence-electron chi connectivity index (χ4n) is 5.74. The molecule has 0 spiro atoms. The molecule has 3 heterocycles. The summed E-state index contributed by atoms with van der Waals surface area (Å²) >= 11 is 1.36. The first-order valence-electron chi connectivity index (χ1n) is 14.3. The number of imidazole rings is 1. The largest absolute Gasteiger partial charge is 0.466 e. The maximum absolute atomic E-state index is 15.9. The lowest BCUT2D eigenvalue weighted by Crippen LogP contribution is -2.33. The van der Waals surface area contributed by atoms with Crippen LogP contribution in [0.15, 0.2) is 59.6 Å². The first kappa shape index (κ1) is 29.8. The predicted octanol–water partition coefficient (Wildman–Crippen LogP) is 7.56. The van der Waals surface area contributed by atoms with Crippen LogP contribution in [0.2, 0.25) is 0 Å². The number of benzene rings is 3. The number of halogens is 3. The molecule has 11 heteroatoms. The summed E-state index contributed by atoms with van der Waals surface area (Å²) < 4.78 is 57.2. The van der Waals surface area contributed by atoms with Gasteiger partial charge in [0.05, 0.1) is 28.8 Å². The number of fused-ring (bicyclic) bond motifs is 2. The van der Waals surface area contributed by atoms with Gasteiger partial charge in [-0.25, -0.2) is 18.2 Å². The van der Waals surface area contributed by atoms with Gasteiger partial charge in [-0.1, -0.05) is 18.2 Å². The molecule has 1 aliphatic rings. The lowest BCUT2D eigenvalue weighted by atomic mass is 9.93. The maximum atomic E-state index is 15.9. The zero-order valence-electron chi connectivity index (χ0n) is 24.5. The van der Waals surface area contributed by atoms with E-state index in [4.69, 9.17) is 14.5 Å². The number of carbonyl (C=O) groups excluding carboxylic acids is 1. The highest BCUT2D eigenvalue weighted by atomic mass is 32.2. The summed E-state index contributed by atoms with van der Waals surface area (Å²) in [4.78, 5) is 25.5. The first-order valence-corrected chi connectivity index (χ1v) is 15.5. The minimum absolute atomic E-state index is 0.0564. The summed E-state index contributed by atoms with van der Waals surface area (Å²) in [7, 11) is 1.89. The van der Waals surface area contributed by atoms with Crippen molar-refractivity contribution >= 4 is 28.6 Å². The van der Waals surface area contributed by atoms with Crippen molar-refractivity contribution in [1.29, 1.82) is 0 Å².